The molecule has 0 bridgehead atoms. The molecule has 1 unspecified atom stereocenters. The van der Waals surface area contributed by atoms with Crippen LogP contribution in [0.25, 0.3) is 0 Å². The number of rotatable bonds is 32. The molecule has 55 atom stereocenters. The first kappa shape index (κ1) is 107. The van der Waals surface area contributed by atoms with E-state index in [-0.39, 0.29) is 0 Å². The predicted molar refractivity (Wildman–Crippen MR) is 404 cm³/mol. The zero-order chi connectivity index (χ0) is 96.4. The Labute approximate surface area is 743 Å². The van der Waals surface area contributed by atoms with Gasteiger partial charge in [0.2, 0.25) is 23.6 Å². The number of hydrogen-bond acceptors (Lipinski definition) is 53. The third-order valence-electron chi connectivity index (χ3n) is 24.4. The summed E-state index contributed by atoms with van der Waals surface area (Å²) in [5.74, 6) is -3.78. The Bertz CT molecular complexity index is 3590. The van der Waals surface area contributed by atoms with Crippen molar-refractivity contribution in [2.45, 2.75) is 386 Å². The van der Waals surface area contributed by atoms with E-state index >= 15 is 0 Å². The van der Waals surface area contributed by atoms with Crippen molar-refractivity contribution in [2.75, 3.05) is 52.9 Å². The van der Waals surface area contributed by atoms with Gasteiger partial charge in [-0.25, -0.2) is 0 Å². The first-order chi connectivity index (χ1) is 61.8. The van der Waals surface area contributed by atoms with Crippen molar-refractivity contribution in [1.82, 2.24) is 21.3 Å². The molecule has 758 valence electrons. The fourth-order valence-electron chi connectivity index (χ4n) is 17.1. The van der Waals surface area contributed by atoms with Gasteiger partial charge in [0.25, 0.3) is 0 Å². The number of carbonyl (C=O) groups excluding carboxylic acids is 4. The highest BCUT2D eigenvalue weighted by molar-refractivity contribution is 5.74. The normalized spacial score (nSPS) is 50.7. The molecule has 0 aliphatic carbocycles. The van der Waals surface area contributed by atoms with Crippen molar-refractivity contribution in [3.63, 3.8) is 0 Å². The van der Waals surface area contributed by atoms with Crippen molar-refractivity contribution in [3.05, 3.63) is 0 Å². The molecule has 131 heavy (non-hydrogen) atoms. The molecule has 0 spiro atoms. The van der Waals surface area contributed by atoms with E-state index in [0.29, 0.717) is 0 Å². The molecule has 32 N–H and O–H groups in total. The minimum Gasteiger partial charge on any atom is -0.394 e. The Kier molecular flexibility index (Phi) is 38.0. The van der Waals surface area contributed by atoms with Crippen LogP contribution >= 0.6 is 0 Å². The minimum absolute atomic E-state index is 0.826. The summed E-state index contributed by atoms with van der Waals surface area (Å²) in [4.78, 5) is 52.6. The first-order valence-electron chi connectivity index (χ1n) is 42.2. The van der Waals surface area contributed by atoms with E-state index in [4.69, 9.17) is 99.5 Å². The van der Waals surface area contributed by atoms with Crippen LogP contribution in [0, 0.1) is 0 Å². The fourth-order valence-corrected chi connectivity index (χ4v) is 17.1. The van der Waals surface area contributed by atoms with E-state index in [2.05, 4.69) is 21.3 Å². The van der Waals surface area contributed by atoms with Crippen molar-refractivity contribution >= 4 is 23.6 Å². The molecule has 11 fully saturated rings. The lowest BCUT2D eigenvalue weighted by molar-refractivity contribution is -0.394. The second-order valence-electron chi connectivity index (χ2n) is 33.8. The van der Waals surface area contributed by atoms with Gasteiger partial charge in [0, 0.05) is 27.7 Å². The molecular formula is C74H124N4O53. The third-order valence-corrected chi connectivity index (χ3v) is 24.4. The molecule has 11 aliphatic rings. The monoisotopic (exact) mass is 1920 g/mol. The summed E-state index contributed by atoms with van der Waals surface area (Å²) < 4.78 is 127. The van der Waals surface area contributed by atoms with Gasteiger partial charge in [0.15, 0.2) is 69.2 Å². The van der Waals surface area contributed by atoms with Crippen LogP contribution in [0.4, 0.5) is 0 Å². The molecule has 57 nitrogen and oxygen atoms in total. The average Bonchev–Trinajstić information content (AvgIpc) is 0.764. The molecule has 4 amide bonds. The van der Waals surface area contributed by atoms with Gasteiger partial charge in [-0.1, -0.05) is 0 Å². The number of hydrogen-bond donors (Lipinski definition) is 32. The van der Waals surface area contributed by atoms with Gasteiger partial charge in [0.05, 0.1) is 71.2 Å². The van der Waals surface area contributed by atoms with Crippen LogP contribution in [0.1, 0.15) is 48.5 Å². The smallest absolute Gasteiger partial charge is 0.217 e. The Morgan fingerprint density at radius 2 is 0.466 bits per heavy atom. The van der Waals surface area contributed by atoms with E-state index in [1.807, 2.05) is 0 Å². The zero-order valence-electron chi connectivity index (χ0n) is 71.1. The summed E-state index contributed by atoms with van der Waals surface area (Å²) in [5.41, 5.74) is 0. The highest BCUT2D eigenvalue weighted by atomic mass is 16.8. The Hall–Kier alpha value is -4.08. The lowest BCUT2D eigenvalue weighted by atomic mass is 9.93. The van der Waals surface area contributed by atoms with E-state index in [1.165, 1.54) is 20.8 Å². The number of aliphatic hydroxyl groups excluding tert-OH is 28. The lowest BCUT2D eigenvalue weighted by Crippen LogP contribution is -2.71. The highest BCUT2D eigenvalue weighted by Gasteiger charge is 2.62. The van der Waals surface area contributed by atoms with Crippen molar-refractivity contribution < 1.29 is 262 Å². The summed E-state index contributed by atoms with van der Waals surface area (Å²) in [6, 6.07) is -7.67. The SMILES string of the molecule is CC(=O)N[C@H]1[C@H](O[C@H]2[C@H](O)[C@@H](NC(C)=O)C(O)O[C@@H]2CO[C@@H]2O[C@@H](C)[C@@H](O)[C@@H](O)[C@@H]2O)O[C@H](CO)[C@@H](O[C@@H]2O[C@H](CO[C@H]3O[C@H](CO[C@@H]4O[C@H](CO)[C@@H](O[C@@H]5O[C@H](CO)[C@H](O)[C@H](O)[C@H]5O)[C@H](O[C@@H]5O[C@@H](C)[C@@H](O)[C@@H](O)[C@@H]5O)[C@H]4NC(C)=O)[C@@H](O)[C@H](O)[C@@H]3O[C@@H]3O[C@H](CO)[C@@H](O[C@@H]4O[C@H](CO)[C@H](O)[C@H](O)[C@H]4O)[C@H](O[C@@H]4O[C@@H](C)[C@@H](O)[C@@H](O)[C@@H]4O)[C@H]3NC(C)=O)[C@@H](O)[C@H](O)[C@@H]2O)[C@@H]1O. The maximum atomic E-state index is 13.7. The van der Waals surface area contributed by atoms with E-state index in [1.54, 1.807) is 0 Å². The molecule has 0 aromatic heterocycles. The van der Waals surface area contributed by atoms with Gasteiger partial charge in [0.1, 0.15) is 250 Å². The molecule has 11 rings (SSSR count). The number of aliphatic hydroxyl groups is 28. The molecule has 11 saturated heterocycles. The van der Waals surface area contributed by atoms with Crippen LogP contribution in [-0.4, -0.2) is 557 Å². The number of carbonyl (C=O) groups is 4. The molecule has 0 aromatic rings. The quantitative estimate of drug-likeness (QED) is 0.0297. The van der Waals surface area contributed by atoms with E-state index in [0.717, 1.165) is 27.7 Å². The zero-order valence-corrected chi connectivity index (χ0v) is 71.1. The highest BCUT2D eigenvalue weighted by Crippen LogP contribution is 2.42. The minimum atomic E-state index is -2.56. The van der Waals surface area contributed by atoms with E-state index in [9.17, 15) is 162 Å². The standard InChI is InChI=1S/C74H124N4O53/c1-16-35(88)44(97)51(104)68(114-16)112-15-30-58(42(95)31(64(110)117-30)75-19(4)84)125-66-32(76-20(5)85)43(96)57(25(10-81)121-66)126-73-56(109)49(102)40(93)28(123-73)14-113-74-63(131-67-34(78-22(7)87)62(130-70-53(106)46(99)37(90)18(3)116-70)60(27(12-83)122-67)128-72-55(108)48(101)39(92)24(9-80)119-72)50(103)41(94)29(124-74)13-111-65-33(77-21(6)86)61(129-69-52(105)45(98)36(89)17(2)115-69)59(26(11-82)120-65)127-71-54(107)47(100)38(91)23(8-79)118-71/h16-18,23-74,79-83,88-110H,8-15H2,1-7H3,(H,75,84)(H,76,85)(H,77,86)(H,78,87)/t16-,17-,18-,23+,24+,25+,26+,27+,28+,29+,30+,31+,32+,33+,34+,35+,36+,37+,38-,39-,40+,41+,42+,43+,44+,45+,46+,47-,48-,49-,50-,51-,52-,53-,54+,55+,56-,57+,58+,59+,60+,61+,62+,63-,64?,65+,66-,67-,68+,69-,70-,71-,72-,73-,74-/m0/s1. The maximum Gasteiger partial charge on any atom is 0.217 e. The number of nitrogens with one attached hydrogen (secondary N) is 4. The molecule has 11 aliphatic heterocycles. The summed E-state index contributed by atoms with van der Waals surface area (Å²) >= 11 is 0. The fraction of sp³-hybridized carbons (Fsp3) is 0.946. The Balaban J connectivity index is 0.919. The molecular weight excluding hydrogens is 1790 g/mol. The average molecular weight is 1920 g/mol. The topological polar surface area (TPSA) is 877 Å². The van der Waals surface area contributed by atoms with Crippen molar-refractivity contribution in [1.29, 1.82) is 0 Å². The van der Waals surface area contributed by atoms with Gasteiger partial charge in [-0.05, 0) is 20.8 Å². The number of ether oxygens (including phenoxy) is 21. The Morgan fingerprint density at radius 1 is 0.214 bits per heavy atom. The van der Waals surface area contributed by atoms with Gasteiger partial charge >= 0.3 is 0 Å². The predicted octanol–water partition coefficient (Wildman–Crippen LogP) is -21.3. The van der Waals surface area contributed by atoms with Gasteiger partial charge in [-0.15, -0.1) is 0 Å². The van der Waals surface area contributed by atoms with Crippen molar-refractivity contribution in [2.24, 2.45) is 0 Å². The molecule has 0 saturated carbocycles. The summed E-state index contributed by atoms with van der Waals surface area (Å²) in [7, 11) is 0. The Morgan fingerprint density at radius 3 is 0.885 bits per heavy atom. The molecule has 57 heteroatoms. The van der Waals surface area contributed by atoms with Crippen LogP contribution < -0.4 is 21.3 Å². The van der Waals surface area contributed by atoms with E-state index < -0.39 is 414 Å². The summed E-state index contributed by atoms with van der Waals surface area (Å²) in [6.07, 6.45) is -104. The summed E-state index contributed by atoms with van der Waals surface area (Å²) in [6.45, 7) is -1.30. The van der Waals surface area contributed by atoms with Gasteiger partial charge in [-0.3, -0.25) is 19.2 Å². The van der Waals surface area contributed by atoms with Crippen LogP contribution in [0.2, 0.25) is 0 Å². The van der Waals surface area contributed by atoms with Crippen LogP contribution in [0.15, 0.2) is 0 Å². The molecule has 11 heterocycles. The second kappa shape index (κ2) is 46.3. The first-order valence-corrected chi connectivity index (χ1v) is 42.2. The molecule has 0 aromatic carbocycles. The molecule has 0 radical (unpaired) electrons. The second-order valence-corrected chi connectivity index (χ2v) is 33.8. The van der Waals surface area contributed by atoms with Crippen LogP contribution in [0.5, 0.6) is 0 Å². The van der Waals surface area contributed by atoms with Crippen LogP contribution in [0.3, 0.4) is 0 Å². The van der Waals surface area contributed by atoms with Crippen LogP contribution in [-0.2, 0) is 119 Å². The van der Waals surface area contributed by atoms with Crippen molar-refractivity contribution in [3.8, 4) is 0 Å². The van der Waals surface area contributed by atoms with Gasteiger partial charge in [-0.2, -0.15) is 0 Å². The lowest BCUT2D eigenvalue weighted by Gasteiger charge is -2.51. The largest absolute Gasteiger partial charge is 0.394 e. The maximum absolute atomic E-state index is 13.7. The summed E-state index contributed by atoms with van der Waals surface area (Å²) in [5, 5.41) is 323. The number of amides is 4. The van der Waals surface area contributed by atoms with Gasteiger partial charge < -0.3 is 264 Å². The third kappa shape index (κ3) is 23.8.